The van der Waals surface area contributed by atoms with Crippen molar-refractivity contribution >= 4 is 26.7 Å². The average molecular weight is 369 g/mol. The molecule has 0 atom stereocenters. The summed E-state index contributed by atoms with van der Waals surface area (Å²) in [4.78, 5) is 12.3. The second-order valence-electron chi connectivity index (χ2n) is 6.66. The van der Waals surface area contributed by atoms with Crippen LogP contribution in [0.2, 0.25) is 0 Å². The monoisotopic (exact) mass is 369 g/mol. The van der Waals surface area contributed by atoms with Gasteiger partial charge in [-0.05, 0) is 62.6 Å². The molecular formula is C21H23NO3S. The predicted octanol–water partition coefficient (Wildman–Crippen LogP) is 4.73. The first-order valence-electron chi connectivity index (χ1n) is 8.81. The van der Waals surface area contributed by atoms with Gasteiger partial charge in [-0.2, -0.15) is 0 Å². The fourth-order valence-corrected chi connectivity index (χ4v) is 4.49. The summed E-state index contributed by atoms with van der Waals surface area (Å²) in [5.41, 5.74) is 3.12. The zero-order valence-corrected chi connectivity index (χ0v) is 16.1. The summed E-state index contributed by atoms with van der Waals surface area (Å²) in [6.07, 6.45) is 4.41. The summed E-state index contributed by atoms with van der Waals surface area (Å²) >= 11 is 0. The molecule has 5 heteroatoms. The van der Waals surface area contributed by atoms with Crippen molar-refractivity contribution in [2.75, 3.05) is 0 Å². The van der Waals surface area contributed by atoms with Crippen LogP contribution in [-0.4, -0.2) is 18.2 Å². The molecule has 0 saturated heterocycles. The standard InChI is InChI=1S/C21H23NO3S/c1-4-5-6-17-13-18-11-12-22(21(18)14-20(17)16(3)23)26(24,25)19-9-7-15(2)8-10-19/h7-14H,4-6H2,1-3H3. The lowest BCUT2D eigenvalue weighted by atomic mass is 9.98. The first-order valence-corrected chi connectivity index (χ1v) is 10.3. The lowest BCUT2D eigenvalue weighted by molar-refractivity contribution is 0.101. The maximum Gasteiger partial charge on any atom is 0.268 e. The highest BCUT2D eigenvalue weighted by Crippen LogP contribution is 2.27. The van der Waals surface area contributed by atoms with E-state index >= 15 is 0 Å². The van der Waals surface area contributed by atoms with E-state index in [1.165, 1.54) is 10.9 Å². The number of rotatable bonds is 6. The minimum absolute atomic E-state index is 0.0431. The van der Waals surface area contributed by atoms with Gasteiger partial charge in [-0.25, -0.2) is 12.4 Å². The lowest BCUT2D eigenvalue weighted by Gasteiger charge is -2.11. The smallest absolute Gasteiger partial charge is 0.268 e. The maximum absolute atomic E-state index is 13.0. The fraction of sp³-hybridized carbons (Fsp3) is 0.286. The molecule has 0 aliphatic rings. The van der Waals surface area contributed by atoms with E-state index in [1.807, 2.05) is 13.0 Å². The van der Waals surface area contributed by atoms with Crippen LogP contribution in [0.1, 0.15) is 48.2 Å². The number of Topliss-reactive ketones (excluding diaryl/α,β-unsaturated/α-hetero) is 1. The number of carbonyl (C=O) groups is 1. The van der Waals surface area contributed by atoms with Crippen LogP contribution in [0.15, 0.2) is 53.6 Å². The van der Waals surface area contributed by atoms with E-state index < -0.39 is 10.0 Å². The number of aryl methyl sites for hydroxylation is 2. The Kier molecular flexibility index (Phi) is 5.01. The molecule has 1 aromatic heterocycles. The summed E-state index contributed by atoms with van der Waals surface area (Å²) in [5.74, 6) is -0.0431. The molecule has 0 aliphatic heterocycles. The van der Waals surface area contributed by atoms with E-state index in [2.05, 4.69) is 6.92 Å². The molecule has 0 spiro atoms. The molecule has 0 bridgehead atoms. The number of hydrogen-bond acceptors (Lipinski definition) is 3. The molecule has 3 rings (SSSR count). The van der Waals surface area contributed by atoms with Gasteiger partial charge in [0.1, 0.15) is 0 Å². The van der Waals surface area contributed by atoms with E-state index in [-0.39, 0.29) is 10.7 Å². The number of benzene rings is 2. The van der Waals surface area contributed by atoms with Crippen molar-refractivity contribution in [1.29, 1.82) is 0 Å². The molecule has 0 aliphatic carbocycles. The third kappa shape index (κ3) is 3.31. The zero-order chi connectivity index (χ0) is 18.9. The Hall–Kier alpha value is -2.40. The summed E-state index contributed by atoms with van der Waals surface area (Å²) < 4.78 is 27.3. The van der Waals surface area contributed by atoms with Crippen molar-refractivity contribution in [3.05, 3.63) is 65.4 Å². The number of nitrogens with zero attached hydrogens (tertiary/aromatic N) is 1. The highest BCUT2D eigenvalue weighted by atomic mass is 32.2. The normalized spacial score (nSPS) is 11.8. The predicted molar refractivity (Wildman–Crippen MR) is 104 cm³/mol. The lowest BCUT2D eigenvalue weighted by Crippen LogP contribution is -2.12. The van der Waals surface area contributed by atoms with Gasteiger partial charge in [0.25, 0.3) is 10.0 Å². The van der Waals surface area contributed by atoms with Crippen LogP contribution < -0.4 is 0 Å². The molecular weight excluding hydrogens is 346 g/mol. The van der Waals surface area contributed by atoms with Crippen LogP contribution in [0.3, 0.4) is 0 Å². The molecule has 0 unspecified atom stereocenters. The van der Waals surface area contributed by atoms with Crippen LogP contribution in [-0.2, 0) is 16.4 Å². The Bertz CT molecular complexity index is 1060. The molecule has 0 radical (unpaired) electrons. The van der Waals surface area contributed by atoms with Gasteiger partial charge in [0.05, 0.1) is 10.4 Å². The minimum atomic E-state index is -3.71. The number of aromatic nitrogens is 1. The van der Waals surface area contributed by atoms with Gasteiger partial charge in [-0.1, -0.05) is 31.0 Å². The second-order valence-corrected chi connectivity index (χ2v) is 8.47. The van der Waals surface area contributed by atoms with Gasteiger partial charge in [0.2, 0.25) is 0 Å². The third-order valence-corrected chi connectivity index (χ3v) is 6.34. The Morgan fingerprint density at radius 1 is 1.08 bits per heavy atom. The number of fused-ring (bicyclic) bond motifs is 1. The van der Waals surface area contributed by atoms with Gasteiger partial charge >= 0.3 is 0 Å². The molecule has 136 valence electrons. The average Bonchev–Trinajstić information content (AvgIpc) is 3.03. The number of unbranched alkanes of at least 4 members (excludes halogenated alkanes) is 1. The van der Waals surface area contributed by atoms with Crippen molar-refractivity contribution in [3.63, 3.8) is 0 Å². The molecule has 0 N–H and O–H groups in total. The molecule has 0 amide bonds. The summed E-state index contributed by atoms with van der Waals surface area (Å²) in [6.45, 7) is 5.55. The molecule has 1 heterocycles. The second kappa shape index (κ2) is 7.08. The van der Waals surface area contributed by atoms with E-state index in [4.69, 9.17) is 0 Å². The van der Waals surface area contributed by atoms with Crippen molar-refractivity contribution in [3.8, 4) is 0 Å². The summed E-state index contributed by atoms with van der Waals surface area (Å²) in [7, 11) is -3.71. The molecule has 0 fully saturated rings. The number of carbonyl (C=O) groups excluding carboxylic acids is 1. The van der Waals surface area contributed by atoms with E-state index in [0.717, 1.165) is 35.8 Å². The largest absolute Gasteiger partial charge is 0.294 e. The van der Waals surface area contributed by atoms with E-state index in [9.17, 15) is 13.2 Å². The molecule has 2 aromatic carbocycles. The summed E-state index contributed by atoms with van der Waals surface area (Å²) in [6, 6.07) is 12.2. The van der Waals surface area contributed by atoms with Crippen LogP contribution in [0.4, 0.5) is 0 Å². The van der Waals surface area contributed by atoms with Gasteiger partial charge in [0, 0.05) is 17.1 Å². The van der Waals surface area contributed by atoms with Crippen molar-refractivity contribution < 1.29 is 13.2 Å². The zero-order valence-electron chi connectivity index (χ0n) is 15.3. The van der Waals surface area contributed by atoms with Crippen LogP contribution >= 0.6 is 0 Å². The van der Waals surface area contributed by atoms with Gasteiger partial charge in [0.15, 0.2) is 5.78 Å². The quantitative estimate of drug-likeness (QED) is 0.590. The Morgan fingerprint density at radius 2 is 1.77 bits per heavy atom. The highest BCUT2D eigenvalue weighted by molar-refractivity contribution is 7.90. The molecule has 4 nitrogen and oxygen atoms in total. The first kappa shape index (κ1) is 18.4. The summed E-state index contributed by atoms with van der Waals surface area (Å²) in [5, 5.41) is 0.830. The van der Waals surface area contributed by atoms with Crippen LogP contribution in [0, 0.1) is 6.92 Å². The van der Waals surface area contributed by atoms with E-state index in [1.54, 1.807) is 42.6 Å². The van der Waals surface area contributed by atoms with E-state index in [0.29, 0.717) is 11.1 Å². The fourth-order valence-electron chi connectivity index (χ4n) is 3.14. The van der Waals surface area contributed by atoms with Gasteiger partial charge in [-0.3, -0.25) is 4.79 Å². The Morgan fingerprint density at radius 3 is 2.38 bits per heavy atom. The van der Waals surface area contributed by atoms with Crippen LogP contribution in [0.25, 0.3) is 10.9 Å². The van der Waals surface area contributed by atoms with Crippen molar-refractivity contribution in [1.82, 2.24) is 3.97 Å². The minimum Gasteiger partial charge on any atom is -0.294 e. The van der Waals surface area contributed by atoms with Crippen LogP contribution in [0.5, 0.6) is 0 Å². The number of hydrogen-bond donors (Lipinski definition) is 0. The van der Waals surface area contributed by atoms with Crippen molar-refractivity contribution in [2.45, 2.75) is 44.9 Å². The van der Waals surface area contributed by atoms with Gasteiger partial charge in [-0.15, -0.1) is 0 Å². The Labute approximate surface area is 154 Å². The topological polar surface area (TPSA) is 56.1 Å². The number of ketones is 1. The third-order valence-electron chi connectivity index (χ3n) is 4.64. The molecule has 3 aromatic rings. The molecule has 26 heavy (non-hydrogen) atoms. The highest BCUT2D eigenvalue weighted by Gasteiger charge is 2.20. The van der Waals surface area contributed by atoms with Gasteiger partial charge < -0.3 is 0 Å². The Balaban J connectivity index is 2.17. The van der Waals surface area contributed by atoms with Crippen molar-refractivity contribution in [2.24, 2.45) is 0 Å². The SMILES string of the molecule is CCCCc1cc2ccn(S(=O)(=O)c3ccc(C)cc3)c2cc1C(C)=O. The first-order chi connectivity index (χ1) is 12.3. The maximum atomic E-state index is 13.0. The molecule has 0 saturated carbocycles.